The summed E-state index contributed by atoms with van der Waals surface area (Å²) in [4.78, 5) is 0. The molecule has 15 rings (SSSR count). The molecule has 0 amide bonds. The van der Waals surface area contributed by atoms with Crippen LogP contribution in [0.3, 0.4) is 0 Å². The minimum atomic E-state index is 1.25. The molecule has 0 bridgehead atoms. The second-order valence-electron chi connectivity index (χ2n) is 19.0. The summed E-state index contributed by atoms with van der Waals surface area (Å²) in [7, 11) is 0. The minimum absolute atomic E-state index is 1.25. The van der Waals surface area contributed by atoms with Crippen molar-refractivity contribution >= 4 is 97.0 Å². The molecule has 0 aromatic heterocycles. The highest BCUT2D eigenvalue weighted by molar-refractivity contribution is 6.27. The van der Waals surface area contributed by atoms with Crippen LogP contribution < -0.4 is 0 Å². The zero-order valence-electron chi connectivity index (χ0n) is 39.6. The summed E-state index contributed by atoms with van der Waals surface area (Å²) in [5, 5.41) is 23.2. The average Bonchev–Trinajstić information content (AvgIpc) is 3.45. The summed E-state index contributed by atoms with van der Waals surface area (Å²) >= 11 is 0. The summed E-state index contributed by atoms with van der Waals surface area (Å²) in [6.07, 6.45) is 0. The van der Waals surface area contributed by atoms with Gasteiger partial charge in [-0.25, -0.2) is 0 Å². The molecule has 334 valence electrons. The van der Waals surface area contributed by atoms with Crippen molar-refractivity contribution < 1.29 is 0 Å². The lowest BCUT2D eigenvalue weighted by Crippen LogP contribution is -1.92. The van der Waals surface area contributed by atoms with Crippen LogP contribution in [0.5, 0.6) is 0 Å². The Hall–Kier alpha value is -9.36. The van der Waals surface area contributed by atoms with E-state index in [2.05, 4.69) is 279 Å². The van der Waals surface area contributed by atoms with Crippen LogP contribution in [0.15, 0.2) is 279 Å². The third-order valence-electron chi connectivity index (χ3n) is 15.1. The first-order valence-electron chi connectivity index (χ1n) is 25.0. The minimum Gasteiger partial charge on any atom is -0.0622 e. The molecule has 0 heterocycles. The monoisotopic (exact) mass is 910 g/mol. The topological polar surface area (TPSA) is 0 Å². The van der Waals surface area contributed by atoms with Crippen LogP contribution in [0, 0.1) is 0 Å². The Morgan fingerprint density at radius 2 is 0.458 bits per heavy atom. The van der Waals surface area contributed by atoms with Crippen LogP contribution in [0.1, 0.15) is 0 Å². The highest BCUT2D eigenvalue weighted by atomic mass is 14.2. The Kier molecular flexibility index (Phi) is 9.96. The van der Waals surface area contributed by atoms with Gasteiger partial charge in [0.1, 0.15) is 0 Å². The highest BCUT2D eigenvalue weighted by Crippen LogP contribution is 2.48. The fourth-order valence-electron chi connectivity index (χ4n) is 11.9. The molecule has 0 saturated heterocycles. The Morgan fingerprint density at radius 1 is 0.139 bits per heavy atom. The van der Waals surface area contributed by atoms with Crippen LogP contribution in [-0.2, 0) is 0 Å². The van der Waals surface area contributed by atoms with Gasteiger partial charge in [-0.15, -0.1) is 0 Å². The van der Waals surface area contributed by atoms with Gasteiger partial charge < -0.3 is 0 Å². The lowest BCUT2D eigenvalue weighted by molar-refractivity contribution is 1.66. The van der Waals surface area contributed by atoms with Crippen molar-refractivity contribution in [3.63, 3.8) is 0 Å². The van der Waals surface area contributed by atoms with Gasteiger partial charge >= 0.3 is 0 Å². The van der Waals surface area contributed by atoms with Gasteiger partial charge in [-0.05, 0) is 154 Å². The standard InChI is InChI=1S/C38H24.C34H22/c1-2-11-25(12-3-1)37-32-15-6-8-17-34(32)38(35-18-9-7-16-33(35)37)31-20-10-19-29-30(31)22-21-28-23-26-13-4-5-14-27(26)24-36(28)29;1-3-15-25-23(11-1)13-9-21-27(25)33-29-17-5-7-19-31(29)34(32-20-8-6-18-30(32)33)28-22-10-14-24-12-2-4-16-26(24)28/h1-24H;1-22H. The number of hydrogen-bond donors (Lipinski definition) is 0. The van der Waals surface area contributed by atoms with Gasteiger partial charge in [-0.1, -0.05) is 267 Å². The maximum absolute atomic E-state index is 2.35. The molecule has 0 nitrogen and oxygen atoms in total. The molecule has 0 spiro atoms. The van der Waals surface area contributed by atoms with Crippen molar-refractivity contribution in [2.75, 3.05) is 0 Å². The van der Waals surface area contributed by atoms with Crippen molar-refractivity contribution in [2.45, 2.75) is 0 Å². The molecule has 0 radical (unpaired) electrons. The van der Waals surface area contributed by atoms with Gasteiger partial charge in [0.25, 0.3) is 0 Å². The van der Waals surface area contributed by atoms with E-state index in [0.29, 0.717) is 0 Å². The molecule has 0 atom stereocenters. The van der Waals surface area contributed by atoms with Gasteiger partial charge in [-0.2, -0.15) is 0 Å². The van der Waals surface area contributed by atoms with E-state index in [0.717, 1.165) is 0 Å². The molecule has 0 N–H and O–H groups in total. The van der Waals surface area contributed by atoms with Crippen molar-refractivity contribution in [3.8, 4) is 44.5 Å². The number of benzene rings is 15. The van der Waals surface area contributed by atoms with E-state index in [1.165, 1.54) is 141 Å². The second kappa shape index (κ2) is 17.2. The molecule has 0 fully saturated rings. The predicted molar refractivity (Wildman–Crippen MR) is 312 cm³/mol. The maximum atomic E-state index is 2.35. The first-order valence-corrected chi connectivity index (χ1v) is 25.0. The summed E-state index contributed by atoms with van der Waals surface area (Å²) in [5.74, 6) is 0. The van der Waals surface area contributed by atoms with E-state index in [1.54, 1.807) is 0 Å². The van der Waals surface area contributed by atoms with E-state index in [4.69, 9.17) is 0 Å². The van der Waals surface area contributed by atoms with Gasteiger partial charge in [-0.3, -0.25) is 0 Å². The van der Waals surface area contributed by atoms with Crippen LogP contribution >= 0.6 is 0 Å². The maximum Gasteiger partial charge on any atom is -0.00201 e. The van der Waals surface area contributed by atoms with Gasteiger partial charge in [0, 0.05) is 0 Å². The zero-order chi connectivity index (χ0) is 47.5. The SMILES string of the molecule is c1ccc(-c2c3ccccc3c(-c3cccc4c3ccc3cc5ccccc5cc34)c3ccccc23)cc1.c1ccc2c(-c3c4ccccc4c(-c4cccc5ccccc45)c4ccccc34)cccc2c1. The summed E-state index contributed by atoms with van der Waals surface area (Å²) in [5.41, 5.74) is 10.3. The zero-order valence-corrected chi connectivity index (χ0v) is 39.6. The molecule has 0 aliphatic carbocycles. The first-order chi connectivity index (χ1) is 35.8. The third kappa shape index (κ3) is 6.76. The average molecular weight is 911 g/mol. The summed E-state index contributed by atoms with van der Waals surface area (Å²) in [6, 6.07) is 102. The van der Waals surface area contributed by atoms with E-state index < -0.39 is 0 Å². The van der Waals surface area contributed by atoms with Gasteiger partial charge in [0.15, 0.2) is 0 Å². The molecule has 0 saturated carbocycles. The molecule has 0 aliphatic heterocycles. The lowest BCUT2D eigenvalue weighted by atomic mass is 9.84. The van der Waals surface area contributed by atoms with Crippen molar-refractivity contribution in [1.29, 1.82) is 0 Å². The largest absolute Gasteiger partial charge is 0.0622 e. The molecular formula is C72H46. The highest BCUT2D eigenvalue weighted by Gasteiger charge is 2.20. The third-order valence-corrected chi connectivity index (χ3v) is 15.1. The van der Waals surface area contributed by atoms with Crippen LogP contribution in [0.2, 0.25) is 0 Å². The smallest absolute Gasteiger partial charge is 0.00201 e. The lowest BCUT2D eigenvalue weighted by Gasteiger charge is -2.19. The Morgan fingerprint density at radius 3 is 0.917 bits per heavy atom. The van der Waals surface area contributed by atoms with Crippen LogP contribution in [0.25, 0.3) is 141 Å². The van der Waals surface area contributed by atoms with Crippen molar-refractivity contribution in [3.05, 3.63) is 279 Å². The Labute approximate surface area is 418 Å². The van der Waals surface area contributed by atoms with Crippen molar-refractivity contribution in [2.24, 2.45) is 0 Å². The van der Waals surface area contributed by atoms with E-state index in [9.17, 15) is 0 Å². The van der Waals surface area contributed by atoms with E-state index in [-0.39, 0.29) is 0 Å². The van der Waals surface area contributed by atoms with Crippen molar-refractivity contribution in [1.82, 2.24) is 0 Å². The molecule has 15 aromatic rings. The van der Waals surface area contributed by atoms with Gasteiger partial charge in [0.2, 0.25) is 0 Å². The van der Waals surface area contributed by atoms with Crippen LogP contribution in [-0.4, -0.2) is 0 Å². The molecule has 0 aliphatic rings. The molecule has 0 heteroatoms. The summed E-state index contributed by atoms with van der Waals surface area (Å²) in [6.45, 7) is 0. The Bertz CT molecular complexity index is 4360. The molecule has 0 unspecified atom stereocenters. The molecule has 72 heavy (non-hydrogen) atoms. The quantitative estimate of drug-likeness (QED) is 0.122. The van der Waals surface area contributed by atoms with Gasteiger partial charge in [0.05, 0.1) is 0 Å². The van der Waals surface area contributed by atoms with E-state index >= 15 is 0 Å². The molecule has 15 aromatic carbocycles. The number of rotatable bonds is 4. The van der Waals surface area contributed by atoms with Crippen LogP contribution in [0.4, 0.5) is 0 Å². The predicted octanol–water partition coefficient (Wildman–Crippen LogP) is 20.4. The number of hydrogen-bond acceptors (Lipinski definition) is 0. The summed E-state index contributed by atoms with van der Waals surface area (Å²) < 4.78 is 0. The first kappa shape index (κ1) is 41.6. The molecular weight excluding hydrogens is 865 g/mol. The fourth-order valence-corrected chi connectivity index (χ4v) is 11.9. The fraction of sp³-hybridized carbons (Fsp3) is 0. The number of fused-ring (bicyclic) bond motifs is 10. The van der Waals surface area contributed by atoms with E-state index in [1.807, 2.05) is 0 Å². The Balaban J connectivity index is 0.000000135. The normalized spacial score (nSPS) is 11.6. The second-order valence-corrected chi connectivity index (χ2v) is 19.0.